The van der Waals surface area contributed by atoms with Crippen molar-refractivity contribution in [1.29, 1.82) is 0 Å². The summed E-state index contributed by atoms with van der Waals surface area (Å²) in [5, 5.41) is 0. The van der Waals surface area contributed by atoms with Gasteiger partial charge in [0, 0.05) is 30.6 Å². The van der Waals surface area contributed by atoms with E-state index in [9.17, 15) is 4.79 Å². The molecule has 0 radical (unpaired) electrons. The first kappa shape index (κ1) is 12.5. The van der Waals surface area contributed by atoms with Gasteiger partial charge in [-0.2, -0.15) is 0 Å². The van der Waals surface area contributed by atoms with Gasteiger partial charge in [0.1, 0.15) is 5.82 Å². The molecule has 0 saturated heterocycles. The molecule has 0 aliphatic rings. The molecular weight excluding hydrogens is 226 g/mol. The van der Waals surface area contributed by atoms with Crippen molar-refractivity contribution in [3.8, 4) is 0 Å². The monoisotopic (exact) mass is 243 g/mol. The zero-order valence-corrected chi connectivity index (χ0v) is 10.7. The summed E-state index contributed by atoms with van der Waals surface area (Å²) in [6.07, 6.45) is 4.94. The third-order valence-corrected chi connectivity index (χ3v) is 2.58. The largest absolute Gasteiger partial charge is 0.310 e. The molecule has 94 valence electrons. The van der Waals surface area contributed by atoms with Crippen LogP contribution in [0, 0.1) is 5.92 Å². The molecule has 2 rings (SSSR count). The van der Waals surface area contributed by atoms with Gasteiger partial charge in [-0.1, -0.05) is 13.8 Å². The molecular formula is C14H17N3O. The van der Waals surface area contributed by atoms with E-state index in [2.05, 4.69) is 28.8 Å². The number of pyridine rings is 1. The Labute approximate surface area is 106 Å². The molecule has 0 atom stereocenters. The average molecular weight is 243 g/mol. The van der Waals surface area contributed by atoms with Crippen LogP contribution in [-0.4, -0.2) is 15.0 Å². The lowest BCUT2D eigenvalue weighted by Gasteiger charge is -2.06. The summed E-state index contributed by atoms with van der Waals surface area (Å²) in [5.41, 5.74) is 1.87. The second kappa shape index (κ2) is 5.58. The van der Waals surface area contributed by atoms with Crippen molar-refractivity contribution in [2.24, 2.45) is 5.92 Å². The molecule has 2 aromatic rings. The van der Waals surface area contributed by atoms with Gasteiger partial charge in [-0.05, 0) is 30.0 Å². The van der Waals surface area contributed by atoms with Crippen LogP contribution in [0.1, 0.15) is 30.9 Å². The van der Waals surface area contributed by atoms with E-state index in [0.717, 1.165) is 17.7 Å². The molecule has 0 aliphatic carbocycles. The summed E-state index contributed by atoms with van der Waals surface area (Å²) >= 11 is 0. The van der Waals surface area contributed by atoms with Crippen molar-refractivity contribution in [1.82, 2.24) is 15.0 Å². The van der Waals surface area contributed by atoms with Gasteiger partial charge in [0.2, 0.25) is 0 Å². The second-order valence-electron chi connectivity index (χ2n) is 4.81. The molecule has 0 fully saturated rings. The molecule has 18 heavy (non-hydrogen) atoms. The fourth-order valence-electron chi connectivity index (χ4n) is 1.86. The average Bonchev–Trinajstić information content (AvgIpc) is 2.28. The van der Waals surface area contributed by atoms with Gasteiger partial charge >= 0.3 is 0 Å². The minimum atomic E-state index is -0.0790. The molecule has 0 aromatic carbocycles. The molecule has 4 heteroatoms. The van der Waals surface area contributed by atoms with E-state index in [0.29, 0.717) is 18.2 Å². The number of nitrogens with zero attached hydrogens (tertiary/aromatic N) is 2. The van der Waals surface area contributed by atoms with E-state index in [1.165, 1.54) is 0 Å². The molecule has 0 saturated carbocycles. The van der Waals surface area contributed by atoms with E-state index in [4.69, 9.17) is 0 Å². The highest BCUT2D eigenvalue weighted by atomic mass is 16.1. The standard InChI is InChI=1S/C14H17N3O/c1-10(2)7-12-9-14(18)17-13(16-12)8-11-3-5-15-6-4-11/h3-6,9-10H,7-8H2,1-2H3,(H,16,17,18). The quantitative estimate of drug-likeness (QED) is 0.893. The Bertz CT molecular complexity index is 561. The van der Waals surface area contributed by atoms with E-state index in [-0.39, 0.29) is 5.56 Å². The molecule has 4 nitrogen and oxygen atoms in total. The van der Waals surface area contributed by atoms with E-state index in [1.54, 1.807) is 18.5 Å². The summed E-state index contributed by atoms with van der Waals surface area (Å²) in [5.74, 6) is 1.21. The third kappa shape index (κ3) is 3.52. The van der Waals surface area contributed by atoms with Gasteiger partial charge in [0.25, 0.3) is 5.56 Å². The Hall–Kier alpha value is -1.97. The summed E-state index contributed by atoms with van der Waals surface area (Å²) in [6.45, 7) is 4.23. The topological polar surface area (TPSA) is 58.6 Å². The fourth-order valence-corrected chi connectivity index (χ4v) is 1.86. The number of rotatable bonds is 4. The van der Waals surface area contributed by atoms with Crippen molar-refractivity contribution in [3.05, 3.63) is 58.0 Å². The predicted molar refractivity (Wildman–Crippen MR) is 70.4 cm³/mol. The van der Waals surface area contributed by atoms with Crippen LogP contribution in [0.15, 0.2) is 35.4 Å². The lowest BCUT2D eigenvalue weighted by molar-refractivity contribution is 0.629. The van der Waals surface area contributed by atoms with E-state index in [1.807, 2.05) is 12.1 Å². The molecule has 2 aromatic heterocycles. The third-order valence-electron chi connectivity index (χ3n) is 2.58. The summed E-state index contributed by atoms with van der Waals surface area (Å²) in [4.78, 5) is 22.8. The van der Waals surface area contributed by atoms with Gasteiger partial charge < -0.3 is 4.98 Å². The number of hydrogen-bond donors (Lipinski definition) is 1. The lowest BCUT2D eigenvalue weighted by atomic mass is 10.1. The molecule has 0 bridgehead atoms. The number of H-pyrrole nitrogens is 1. The fraction of sp³-hybridized carbons (Fsp3) is 0.357. The first-order valence-corrected chi connectivity index (χ1v) is 6.11. The Morgan fingerprint density at radius 2 is 2.00 bits per heavy atom. The highest BCUT2D eigenvalue weighted by Crippen LogP contribution is 2.06. The van der Waals surface area contributed by atoms with Crippen LogP contribution < -0.4 is 5.56 Å². The number of aromatic amines is 1. The van der Waals surface area contributed by atoms with E-state index >= 15 is 0 Å². The summed E-state index contributed by atoms with van der Waals surface area (Å²) in [7, 11) is 0. The predicted octanol–water partition coefficient (Wildman–Crippen LogP) is 1.95. The lowest BCUT2D eigenvalue weighted by Crippen LogP contribution is -2.14. The van der Waals surface area contributed by atoms with Crippen LogP contribution >= 0.6 is 0 Å². The molecule has 0 aliphatic heterocycles. The van der Waals surface area contributed by atoms with Gasteiger partial charge in [0.15, 0.2) is 0 Å². The van der Waals surface area contributed by atoms with Crippen molar-refractivity contribution >= 4 is 0 Å². The Morgan fingerprint density at radius 3 is 2.67 bits per heavy atom. The SMILES string of the molecule is CC(C)Cc1cc(=O)[nH]c(Cc2ccncc2)n1. The molecule has 1 N–H and O–H groups in total. The minimum Gasteiger partial charge on any atom is -0.310 e. The zero-order chi connectivity index (χ0) is 13.0. The first-order valence-electron chi connectivity index (χ1n) is 6.11. The second-order valence-corrected chi connectivity index (χ2v) is 4.81. The van der Waals surface area contributed by atoms with Crippen LogP contribution in [0.25, 0.3) is 0 Å². The number of hydrogen-bond acceptors (Lipinski definition) is 3. The van der Waals surface area contributed by atoms with Crippen molar-refractivity contribution in [2.75, 3.05) is 0 Å². The number of nitrogens with one attached hydrogen (secondary N) is 1. The van der Waals surface area contributed by atoms with Crippen molar-refractivity contribution in [3.63, 3.8) is 0 Å². The van der Waals surface area contributed by atoms with Crippen molar-refractivity contribution in [2.45, 2.75) is 26.7 Å². The number of aromatic nitrogens is 3. The Balaban J connectivity index is 2.23. The van der Waals surface area contributed by atoms with Crippen molar-refractivity contribution < 1.29 is 0 Å². The van der Waals surface area contributed by atoms with Crippen LogP contribution in [0.4, 0.5) is 0 Å². The van der Waals surface area contributed by atoms with Crippen LogP contribution in [-0.2, 0) is 12.8 Å². The van der Waals surface area contributed by atoms with Gasteiger partial charge in [0.05, 0.1) is 0 Å². The Morgan fingerprint density at radius 1 is 1.28 bits per heavy atom. The minimum absolute atomic E-state index is 0.0790. The van der Waals surface area contributed by atoms with Gasteiger partial charge in [-0.15, -0.1) is 0 Å². The van der Waals surface area contributed by atoms with Crippen LogP contribution in [0.5, 0.6) is 0 Å². The highest BCUT2D eigenvalue weighted by molar-refractivity contribution is 5.16. The molecule has 0 amide bonds. The smallest absolute Gasteiger partial charge is 0.251 e. The Kier molecular flexibility index (Phi) is 3.87. The maximum atomic E-state index is 11.6. The maximum Gasteiger partial charge on any atom is 0.251 e. The summed E-state index contributed by atoms with van der Waals surface area (Å²) in [6, 6.07) is 5.43. The van der Waals surface area contributed by atoms with Gasteiger partial charge in [-0.3, -0.25) is 9.78 Å². The maximum absolute atomic E-state index is 11.6. The van der Waals surface area contributed by atoms with E-state index < -0.39 is 0 Å². The molecule has 2 heterocycles. The van der Waals surface area contributed by atoms with Crippen LogP contribution in [0.2, 0.25) is 0 Å². The molecule has 0 unspecified atom stereocenters. The zero-order valence-electron chi connectivity index (χ0n) is 10.7. The molecule has 0 spiro atoms. The van der Waals surface area contributed by atoms with Crippen LogP contribution in [0.3, 0.4) is 0 Å². The van der Waals surface area contributed by atoms with Gasteiger partial charge in [-0.25, -0.2) is 4.98 Å². The summed E-state index contributed by atoms with van der Waals surface area (Å²) < 4.78 is 0. The normalized spacial score (nSPS) is 10.8. The highest BCUT2D eigenvalue weighted by Gasteiger charge is 2.04. The first-order chi connectivity index (χ1) is 8.63.